The van der Waals surface area contributed by atoms with E-state index in [0.717, 1.165) is 16.4 Å². The first-order valence-electron chi connectivity index (χ1n) is 6.69. The number of nitrogens with zero attached hydrogens (tertiary/aromatic N) is 2. The Morgan fingerprint density at radius 1 is 1.06 bits per heavy atom. The lowest BCUT2D eigenvalue weighted by Gasteiger charge is -2.21. The van der Waals surface area contributed by atoms with Crippen LogP contribution < -0.4 is 0 Å². The van der Waals surface area contributed by atoms with E-state index < -0.39 is 0 Å². The summed E-state index contributed by atoms with van der Waals surface area (Å²) in [7, 11) is 0. The molecule has 1 aromatic heterocycles. The summed E-state index contributed by atoms with van der Waals surface area (Å²) in [5.74, 6) is 1.65. The van der Waals surface area contributed by atoms with E-state index in [0.29, 0.717) is 5.92 Å². The highest BCUT2D eigenvalue weighted by Gasteiger charge is 2.19. The molecule has 0 radical (unpaired) electrons. The predicted molar refractivity (Wildman–Crippen MR) is 77.1 cm³/mol. The van der Waals surface area contributed by atoms with Gasteiger partial charge in [-0.2, -0.15) is 0 Å². The zero-order chi connectivity index (χ0) is 12.4. The van der Waals surface area contributed by atoms with Gasteiger partial charge in [-0.3, -0.25) is 0 Å². The first kappa shape index (κ1) is 12.0. The molecule has 0 aliphatic heterocycles. The van der Waals surface area contributed by atoms with Gasteiger partial charge in [0.05, 0.1) is 5.52 Å². The second kappa shape index (κ2) is 5.27. The van der Waals surface area contributed by atoms with Crippen LogP contribution in [0.2, 0.25) is 0 Å². The Morgan fingerprint density at radius 2 is 1.83 bits per heavy atom. The minimum Gasteiger partial charge on any atom is -0.233 e. The highest BCUT2D eigenvalue weighted by molar-refractivity contribution is 7.98. The Labute approximate surface area is 112 Å². The summed E-state index contributed by atoms with van der Waals surface area (Å²) < 4.78 is 0. The lowest BCUT2D eigenvalue weighted by molar-refractivity contribution is 0.428. The average molecular weight is 258 g/mol. The molecule has 1 heterocycles. The Balaban J connectivity index is 2.07. The normalized spacial score (nSPS) is 17.2. The molecule has 2 aromatic rings. The summed E-state index contributed by atoms with van der Waals surface area (Å²) >= 11 is 1.73. The maximum Gasteiger partial charge on any atom is 0.133 e. The van der Waals surface area contributed by atoms with Crippen LogP contribution in [0.3, 0.4) is 0 Å². The third kappa shape index (κ3) is 2.24. The van der Waals surface area contributed by atoms with E-state index in [2.05, 4.69) is 30.5 Å². The molecule has 1 aliphatic carbocycles. The van der Waals surface area contributed by atoms with Crippen molar-refractivity contribution in [2.45, 2.75) is 43.0 Å². The molecule has 18 heavy (non-hydrogen) atoms. The molecule has 0 spiro atoms. The molecule has 0 atom stereocenters. The summed E-state index contributed by atoms with van der Waals surface area (Å²) in [5.41, 5.74) is 1.09. The van der Waals surface area contributed by atoms with Gasteiger partial charge in [0.2, 0.25) is 0 Å². The van der Waals surface area contributed by atoms with E-state index in [9.17, 15) is 0 Å². The first-order valence-corrected chi connectivity index (χ1v) is 7.91. The average Bonchev–Trinajstić information content (AvgIpc) is 2.47. The lowest BCUT2D eigenvalue weighted by atomic mass is 9.88. The SMILES string of the molecule is CSc1nc(C2CCCCC2)nc2ccccc12. The smallest absolute Gasteiger partial charge is 0.133 e. The molecule has 0 unspecified atom stereocenters. The number of benzene rings is 1. The Kier molecular flexibility index (Phi) is 3.50. The number of para-hydroxylation sites is 1. The van der Waals surface area contributed by atoms with Crippen molar-refractivity contribution in [2.75, 3.05) is 6.26 Å². The van der Waals surface area contributed by atoms with Gasteiger partial charge in [-0.15, -0.1) is 11.8 Å². The lowest BCUT2D eigenvalue weighted by Crippen LogP contribution is -2.09. The van der Waals surface area contributed by atoms with E-state index in [-0.39, 0.29) is 0 Å². The number of rotatable bonds is 2. The van der Waals surface area contributed by atoms with Crippen LogP contribution >= 0.6 is 11.8 Å². The van der Waals surface area contributed by atoms with Crippen molar-refractivity contribution in [3.63, 3.8) is 0 Å². The Morgan fingerprint density at radius 3 is 2.61 bits per heavy atom. The Bertz CT molecular complexity index is 547. The monoisotopic (exact) mass is 258 g/mol. The van der Waals surface area contributed by atoms with Crippen LogP contribution in [0.25, 0.3) is 10.9 Å². The third-order valence-corrected chi connectivity index (χ3v) is 4.45. The topological polar surface area (TPSA) is 25.8 Å². The minimum absolute atomic E-state index is 0.578. The molecule has 1 aromatic carbocycles. The van der Waals surface area contributed by atoms with Crippen LogP contribution in [-0.4, -0.2) is 16.2 Å². The van der Waals surface area contributed by atoms with E-state index in [1.165, 1.54) is 37.5 Å². The van der Waals surface area contributed by atoms with Gasteiger partial charge in [0.1, 0.15) is 10.9 Å². The van der Waals surface area contributed by atoms with Crippen molar-refractivity contribution < 1.29 is 0 Å². The molecular formula is C15H18N2S. The first-order chi connectivity index (χ1) is 8.88. The van der Waals surface area contributed by atoms with Crippen LogP contribution in [0, 0.1) is 0 Å². The standard InChI is InChI=1S/C15H18N2S/c1-18-15-12-9-5-6-10-13(12)16-14(17-15)11-7-3-2-4-8-11/h5-6,9-11H,2-4,7-8H2,1H3. The third-order valence-electron chi connectivity index (χ3n) is 3.75. The van der Waals surface area contributed by atoms with Gasteiger partial charge in [-0.05, 0) is 25.2 Å². The van der Waals surface area contributed by atoms with Crippen LogP contribution in [-0.2, 0) is 0 Å². The van der Waals surface area contributed by atoms with E-state index in [4.69, 9.17) is 9.97 Å². The molecule has 1 fully saturated rings. The maximum atomic E-state index is 4.79. The maximum absolute atomic E-state index is 4.79. The van der Waals surface area contributed by atoms with Crippen LogP contribution in [0.4, 0.5) is 0 Å². The summed E-state index contributed by atoms with van der Waals surface area (Å²) in [6.07, 6.45) is 8.64. The number of aromatic nitrogens is 2. The highest BCUT2D eigenvalue weighted by atomic mass is 32.2. The van der Waals surface area contributed by atoms with Gasteiger partial charge < -0.3 is 0 Å². The molecule has 0 amide bonds. The molecule has 1 saturated carbocycles. The van der Waals surface area contributed by atoms with Gasteiger partial charge in [0.25, 0.3) is 0 Å². The van der Waals surface area contributed by atoms with Crippen molar-refractivity contribution in [1.82, 2.24) is 9.97 Å². The number of hydrogen-bond donors (Lipinski definition) is 0. The molecule has 2 nitrogen and oxygen atoms in total. The van der Waals surface area contributed by atoms with E-state index in [1.54, 1.807) is 11.8 Å². The summed E-state index contributed by atoms with van der Waals surface area (Å²) in [4.78, 5) is 9.58. The van der Waals surface area contributed by atoms with Gasteiger partial charge >= 0.3 is 0 Å². The summed E-state index contributed by atoms with van der Waals surface area (Å²) in [5, 5.41) is 2.31. The molecular weight excluding hydrogens is 240 g/mol. The zero-order valence-electron chi connectivity index (χ0n) is 10.7. The molecule has 0 bridgehead atoms. The summed E-state index contributed by atoms with van der Waals surface area (Å²) in [6, 6.07) is 8.34. The van der Waals surface area contributed by atoms with Gasteiger partial charge in [-0.1, -0.05) is 37.5 Å². The van der Waals surface area contributed by atoms with Gasteiger partial charge in [0.15, 0.2) is 0 Å². The van der Waals surface area contributed by atoms with Crippen molar-refractivity contribution in [2.24, 2.45) is 0 Å². The van der Waals surface area contributed by atoms with Crippen LogP contribution in [0.5, 0.6) is 0 Å². The predicted octanol–water partition coefficient (Wildman–Crippen LogP) is 4.40. The summed E-state index contributed by atoms with van der Waals surface area (Å²) in [6.45, 7) is 0. The number of hydrogen-bond acceptors (Lipinski definition) is 3. The minimum atomic E-state index is 0.578. The number of thioether (sulfide) groups is 1. The molecule has 0 saturated heterocycles. The Hall–Kier alpha value is -1.09. The molecule has 0 N–H and O–H groups in total. The second-order valence-corrected chi connectivity index (χ2v) is 5.74. The van der Waals surface area contributed by atoms with Crippen LogP contribution in [0.1, 0.15) is 43.8 Å². The van der Waals surface area contributed by atoms with Crippen molar-refractivity contribution in [1.29, 1.82) is 0 Å². The molecule has 1 aliphatic rings. The van der Waals surface area contributed by atoms with E-state index >= 15 is 0 Å². The van der Waals surface area contributed by atoms with Gasteiger partial charge in [-0.25, -0.2) is 9.97 Å². The fourth-order valence-corrected chi connectivity index (χ4v) is 3.34. The van der Waals surface area contributed by atoms with Crippen molar-refractivity contribution in [3.05, 3.63) is 30.1 Å². The fourth-order valence-electron chi connectivity index (χ4n) is 2.76. The molecule has 3 rings (SSSR count). The quantitative estimate of drug-likeness (QED) is 0.590. The highest BCUT2D eigenvalue weighted by Crippen LogP contribution is 2.33. The van der Waals surface area contributed by atoms with Crippen molar-refractivity contribution >= 4 is 22.7 Å². The molecule has 3 heteroatoms. The fraction of sp³-hybridized carbons (Fsp3) is 0.467. The second-order valence-electron chi connectivity index (χ2n) is 4.94. The zero-order valence-corrected chi connectivity index (χ0v) is 11.5. The largest absolute Gasteiger partial charge is 0.233 e. The number of fused-ring (bicyclic) bond motifs is 1. The van der Waals surface area contributed by atoms with Crippen LogP contribution in [0.15, 0.2) is 29.3 Å². The van der Waals surface area contributed by atoms with Crippen molar-refractivity contribution in [3.8, 4) is 0 Å². The van der Waals surface area contributed by atoms with Gasteiger partial charge in [0, 0.05) is 11.3 Å². The van der Waals surface area contributed by atoms with E-state index in [1.807, 2.05) is 0 Å². The molecule has 94 valence electrons.